The molecule has 1 N–H and O–H groups in total. The molecular formula is C21H28N4O4S3. The van der Waals surface area contributed by atoms with E-state index in [0.717, 1.165) is 37.1 Å². The molecule has 2 aliphatic rings. The molecule has 2 fully saturated rings. The minimum atomic E-state index is -3.04. The highest BCUT2D eigenvalue weighted by molar-refractivity contribution is 8.01. The van der Waals surface area contributed by atoms with Crippen molar-refractivity contribution in [2.75, 3.05) is 29.2 Å². The van der Waals surface area contributed by atoms with Gasteiger partial charge in [-0.15, -0.1) is 10.2 Å². The largest absolute Gasteiger partial charge is 0.492 e. The van der Waals surface area contributed by atoms with Gasteiger partial charge in [0.05, 0.1) is 29.6 Å². The van der Waals surface area contributed by atoms with E-state index < -0.39 is 9.84 Å². The molecule has 1 saturated carbocycles. The molecular weight excluding hydrogens is 468 g/mol. The number of rotatable bonds is 9. The predicted molar refractivity (Wildman–Crippen MR) is 128 cm³/mol. The summed E-state index contributed by atoms with van der Waals surface area (Å²) in [5.41, 5.74) is 0.813. The molecule has 1 atom stereocenters. The number of aromatic nitrogens is 2. The average molecular weight is 497 g/mol. The van der Waals surface area contributed by atoms with Gasteiger partial charge in [-0.2, -0.15) is 0 Å². The van der Waals surface area contributed by atoms with E-state index in [1.807, 2.05) is 36.1 Å². The van der Waals surface area contributed by atoms with E-state index >= 15 is 0 Å². The van der Waals surface area contributed by atoms with Gasteiger partial charge in [0.25, 0.3) is 0 Å². The van der Waals surface area contributed by atoms with E-state index in [4.69, 9.17) is 4.74 Å². The molecule has 2 heterocycles. The highest BCUT2D eigenvalue weighted by atomic mass is 32.2. The zero-order valence-corrected chi connectivity index (χ0v) is 20.5. The van der Waals surface area contributed by atoms with Gasteiger partial charge < -0.3 is 15.0 Å². The third kappa shape index (κ3) is 5.74. The first-order chi connectivity index (χ1) is 15.4. The standard InChI is InChI=1S/C21H28N4O4S3/c1-2-29-18-10-6-5-9-17(18)22-20-23-24-21(31-20)30-13-19(26)25(15-7-3-4-8-15)16-11-12-32(27,28)14-16/h5-6,9-10,15-16H,2-4,7-8,11-14H2,1H3,(H,22,23). The van der Waals surface area contributed by atoms with E-state index in [-0.39, 0.29) is 35.2 Å². The molecule has 2 aromatic rings. The van der Waals surface area contributed by atoms with Gasteiger partial charge in [-0.3, -0.25) is 4.79 Å². The summed E-state index contributed by atoms with van der Waals surface area (Å²) in [4.78, 5) is 15.0. The van der Waals surface area contributed by atoms with Crippen molar-refractivity contribution in [1.82, 2.24) is 15.1 Å². The Hall–Kier alpha value is -1.85. The van der Waals surface area contributed by atoms with Crippen LogP contribution in [0.1, 0.15) is 39.0 Å². The Balaban J connectivity index is 1.38. The van der Waals surface area contributed by atoms with Crippen LogP contribution >= 0.6 is 23.1 Å². The number of amides is 1. The summed E-state index contributed by atoms with van der Waals surface area (Å²) in [6, 6.07) is 7.59. The van der Waals surface area contributed by atoms with Gasteiger partial charge in [-0.25, -0.2) is 8.42 Å². The third-order valence-corrected chi connectivity index (χ3v) is 9.47. The zero-order chi connectivity index (χ0) is 22.6. The number of nitrogens with one attached hydrogen (secondary N) is 1. The number of para-hydroxylation sites is 2. The molecule has 0 spiro atoms. The number of carbonyl (C=O) groups is 1. The number of sulfone groups is 1. The van der Waals surface area contributed by atoms with Crippen LogP contribution in [0.2, 0.25) is 0 Å². The Morgan fingerprint density at radius 2 is 2.00 bits per heavy atom. The Morgan fingerprint density at radius 3 is 2.72 bits per heavy atom. The van der Waals surface area contributed by atoms with E-state index in [1.54, 1.807) is 0 Å². The third-order valence-electron chi connectivity index (χ3n) is 5.76. The van der Waals surface area contributed by atoms with Crippen molar-refractivity contribution in [3.63, 3.8) is 0 Å². The van der Waals surface area contributed by atoms with Gasteiger partial charge in [0.1, 0.15) is 5.75 Å². The van der Waals surface area contributed by atoms with Gasteiger partial charge in [0, 0.05) is 12.1 Å². The van der Waals surface area contributed by atoms with Crippen LogP contribution in [0.4, 0.5) is 10.8 Å². The van der Waals surface area contributed by atoms with E-state index in [9.17, 15) is 13.2 Å². The lowest BCUT2D eigenvalue weighted by molar-refractivity contribution is -0.132. The fraction of sp³-hybridized carbons (Fsp3) is 0.571. The maximum atomic E-state index is 13.2. The lowest BCUT2D eigenvalue weighted by atomic mass is 10.1. The van der Waals surface area contributed by atoms with Crippen molar-refractivity contribution in [3.05, 3.63) is 24.3 Å². The van der Waals surface area contributed by atoms with Gasteiger partial charge in [0.15, 0.2) is 14.2 Å². The van der Waals surface area contributed by atoms with E-state index in [2.05, 4.69) is 15.5 Å². The monoisotopic (exact) mass is 496 g/mol. The Bertz CT molecular complexity index is 1040. The lowest BCUT2D eigenvalue weighted by Gasteiger charge is -2.34. The molecule has 1 unspecified atom stereocenters. The lowest BCUT2D eigenvalue weighted by Crippen LogP contribution is -2.47. The molecule has 0 radical (unpaired) electrons. The zero-order valence-electron chi connectivity index (χ0n) is 18.0. The number of benzene rings is 1. The topological polar surface area (TPSA) is 101 Å². The first-order valence-electron chi connectivity index (χ1n) is 10.9. The highest BCUT2D eigenvalue weighted by Gasteiger charge is 2.38. The van der Waals surface area contributed by atoms with Crippen molar-refractivity contribution in [3.8, 4) is 5.75 Å². The molecule has 1 aliphatic heterocycles. The maximum Gasteiger partial charge on any atom is 0.233 e. The van der Waals surface area contributed by atoms with E-state index in [1.165, 1.54) is 23.1 Å². The summed E-state index contributed by atoms with van der Waals surface area (Å²) in [7, 11) is -3.04. The molecule has 8 nitrogen and oxygen atoms in total. The summed E-state index contributed by atoms with van der Waals surface area (Å²) in [6.07, 6.45) is 4.64. The van der Waals surface area contributed by atoms with Gasteiger partial charge >= 0.3 is 0 Å². The summed E-state index contributed by atoms with van der Waals surface area (Å²) in [5.74, 6) is 1.24. The smallest absolute Gasteiger partial charge is 0.233 e. The molecule has 4 rings (SSSR count). The number of carbonyl (C=O) groups excluding carboxylic acids is 1. The molecule has 1 aromatic carbocycles. The van der Waals surface area contributed by atoms with Gasteiger partial charge in [0.2, 0.25) is 11.0 Å². The first-order valence-corrected chi connectivity index (χ1v) is 14.5. The number of thioether (sulfide) groups is 1. The Kier molecular flexibility index (Phi) is 7.57. The summed E-state index contributed by atoms with van der Waals surface area (Å²) in [5, 5.41) is 12.2. The van der Waals surface area contributed by atoms with Crippen molar-refractivity contribution < 1.29 is 17.9 Å². The highest BCUT2D eigenvalue weighted by Crippen LogP contribution is 2.33. The molecule has 1 aromatic heterocycles. The summed E-state index contributed by atoms with van der Waals surface area (Å²) >= 11 is 2.73. The van der Waals surface area contributed by atoms with Crippen LogP contribution in [0.25, 0.3) is 0 Å². The summed E-state index contributed by atoms with van der Waals surface area (Å²) in [6.45, 7) is 2.50. The molecule has 1 amide bonds. The second-order valence-corrected chi connectivity index (χ2v) is 12.4. The number of hydrogen-bond acceptors (Lipinski definition) is 9. The first kappa shape index (κ1) is 23.3. The second kappa shape index (κ2) is 10.4. The van der Waals surface area contributed by atoms with Crippen LogP contribution in [0.3, 0.4) is 0 Å². The van der Waals surface area contributed by atoms with Crippen molar-refractivity contribution in [2.24, 2.45) is 0 Å². The van der Waals surface area contributed by atoms with Crippen LogP contribution in [0.15, 0.2) is 28.6 Å². The average Bonchev–Trinajstić information content (AvgIpc) is 3.51. The van der Waals surface area contributed by atoms with Gasteiger partial charge in [-0.1, -0.05) is 48.1 Å². The SMILES string of the molecule is CCOc1ccccc1Nc1nnc(SCC(=O)N(C2CCCC2)C2CCS(=O)(=O)C2)s1. The number of nitrogens with zero attached hydrogens (tertiary/aromatic N) is 3. The molecule has 1 aliphatic carbocycles. The quantitative estimate of drug-likeness (QED) is 0.524. The minimum absolute atomic E-state index is 0.00426. The maximum absolute atomic E-state index is 13.2. The number of hydrogen-bond donors (Lipinski definition) is 1. The fourth-order valence-corrected chi connectivity index (χ4v) is 7.71. The minimum Gasteiger partial charge on any atom is -0.492 e. The van der Waals surface area contributed by atoms with E-state index in [0.29, 0.717) is 22.5 Å². The molecule has 0 bridgehead atoms. The Morgan fingerprint density at radius 1 is 1.22 bits per heavy atom. The van der Waals surface area contributed by atoms with Crippen LogP contribution in [0.5, 0.6) is 5.75 Å². The van der Waals surface area contributed by atoms with Crippen molar-refractivity contribution >= 4 is 49.7 Å². The molecule has 1 saturated heterocycles. The Labute approximate surface area is 197 Å². The van der Waals surface area contributed by atoms with Crippen LogP contribution in [-0.2, 0) is 14.6 Å². The fourth-order valence-electron chi connectivity index (χ4n) is 4.37. The van der Waals surface area contributed by atoms with Crippen molar-refractivity contribution in [1.29, 1.82) is 0 Å². The van der Waals surface area contributed by atoms with Gasteiger partial charge in [-0.05, 0) is 38.3 Å². The number of anilines is 2. The van der Waals surface area contributed by atoms with Crippen LogP contribution in [0, 0.1) is 0 Å². The predicted octanol–water partition coefficient (Wildman–Crippen LogP) is 3.73. The van der Waals surface area contributed by atoms with Crippen molar-refractivity contribution in [2.45, 2.75) is 55.5 Å². The summed E-state index contributed by atoms with van der Waals surface area (Å²) < 4.78 is 30.3. The van der Waals surface area contributed by atoms with Crippen LogP contribution in [-0.4, -0.2) is 65.4 Å². The molecule has 174 valence electrons. The second-order valence-electron chi connectivity index (χ2n) is 8.01. The van der Waals surface area contributed by atoms with Crippen LogP contribution < -0.4 is 10.1 Å². The number of ether oxygens (including phenoxy) is 1. The normalized spacial score (nSPS) is 20.3. The molecule has 32 heavy (non-hydrogen) atoms. The molecule has 11 heteroatoms.